The Morgan fingerprint density at radius 3 is 2.78 bits per heavy atom. The third-order valence-corrected chi connectivity index (χ3v) is 3.46. The minimum absolute atomic E-state index is 0.0501. The number of hydrogen-bond acceptors (Lipinski definition) is 3. The van der Waals surface area contributed by atoms with Crippen LogP contribution >= 0.6 is 31.9 Å². The van der Waals surface area contributed by atoms with Crippen molar-refractivity contribution in [3.63, 3.8) is 0 Å². The van der Waals surface area contributed by atoms with Gasteiger partial charge >= 0.3 is 5.97 Å². The number of carbonyl (C=O) groups excluding carboxylic acids is 2. The molecule has 0 aliphatic rings. The van der Waals surface area contributed by atoms with Gasteiger partial charge in [0.15, 0.2) is 0 Å². The zero-order chi connectivity index (χ0) is 13.7. The number of alkyl halides is 1. The predicted octanol–water partition coefficient (Wildman–Crippen LogP) is 2.25. The number of methoxy groups -OCH3 is 1. The van der Waals surface area contributed by atoms with E-state index in [0.29, 0.717) is 4.47 Å². The molecular formula is C11H10Br2FNO3. The first-order valence-corrected chi connectivity index (χ1v) is 6.61. The largest absolute Gasteiger partial charge is 0.468 e. The number of carbonyl (C=O) groups is 2. The number of hydrogen-bond donors (Lipinski definition) is 1. The van der Waals surface area contributed by atoms with Crippen molar-refractivity contribution in [3.8, 4) is 0 Å². The van der Waals surface area contributed by atoms with Gasteiger partial charge in [0.05, 0.1) is 12.7 Å². The fraction of sp³-hybridized carbons (Fsp3) is 0.273. The lowest BCUT2D eigenvalue weighted by molar-refractivity contribution is -0.139. The minimum Gasteiger partial charge on any atom is -0.468 e. The highest BCUT2D eigenvalue weighted by molar-refractivity contribution is 9.10. The second-order valence-corrected chi connectivity index (χ2v) is 5.28. The normalized spacial score (nSPS) is 11.8. The molecule has 18 heavy (non-hydrogen) atoms. The van der Waals surface area contributed by atoms with Gasteiger partial charge in [-0.1, -0.05) is 15.9 Å². The number of esters is 1. The Labute approximate surface area is 120 Å². The molecule has 7 heteroatoms. The van der Waals surface area contributed by atoms with Crippen LogP contribution in [0.2, 0.25) is 0 Å². The van der Waals surface area contributed by atoms with Gasteiger partial charge in [-0.15, -0.1) is 0 Å². The molecule has 0 radical (unpaired) electrons. The zero-order valence-corrected chi connectivity index (χ0v) is 12.5. The lowest BCUT2D eigenvalue weighted by atomic mass is 10.2. The summed E-state index contributed by atoms with van der Waals surface area (Å²) in [7, 11) is 1.25. The van der Waals surface area contributed by atoms with Crippen molar-refractivity contribution in [2.75, 3.05) is 13.7 Å². The molecule has 0 spiro atoms. The predicted molar refractivity (Wildman–Crippen MR) is 71.2 cm³/mol. The standard InChI is InChI=1S/C11H10Br2FNO3/c1-18-11(17)9(13)5-15-10(16)7-4-6(14)2-3-8(7)12/h2-4,9H,5H2,1H3,(H,15,16). The van der Waals surface area contributed by atoms with Crippen LogP contribution in [0.3, 0.4) is 0 Å². The van der Waals surface area contributed by atoms with E-state index in [0.717, 1.165) is 6.07 Å². The van der Waals surface area contributed by atoms with E-state index in [2.05, 4.69) is 41.9 Å². The topological polar surface area (TPSA) is 55.4 Å². The molecule has 1 amide bonds. The average molecular weight is 383 g/mol. The summed E-state index contributed by atoms with van der Waals surface area (Å²) in [6, 6.07) is 3.79. The van der Waals surface area contributed by atoms with Crippen LogP contribution in [0.5, 0.6) is 0 Å². The van der Waals surface area contributed by atoms with Gasteiger partial charge in [0.1, 0.15) is 10.6 Å². The molecule has 1 aromatic rings. The van der Waals surface area contributed by atoms with E-state index < -0.39 is 22.5 Å². The maximum absolute atomic E-state index is 13.0. The molecule has 0 heterocycles. The van der Waals surface area contributed by atoms with E-state index in [9.17, 15) is 14.0 Å². The van der Waals surface area contributed by atoms with Crippen LogP contribution in [0.4, 0.5) is 4.39 Å². The summed E-state index contributed by atoms with van der Waals surface area (Å²) < 4.78 is 18.0. The van der Waals surface area contributed by atoms with E-state index >= 15 is 0 Å². The molecule has 1 N–H and O–H groups in total. The van der Waals surface area contributed by atoms with Crippen molar-refractivity contribution in [1.29, 1.82) is 0 Å². The van der Waals surface area contributed by atoms with Crippen LogP contribution in [0.15, 0.2) is 22.7 Å². The molecule has 1 aromatic carbocycles. The molecule has 98 valence electrons. The van der Waals surface area contributed by atoms with Crippen LogP contribution in [-0.2, 0) is 9.53 Å². The van der Waals surface area contributed by atoms with Crippen molar-refractivity contribution in [1.82, 2.24) is 5.32 Å². The van der Waals surface area contributed by atoms with Crippen molar-refractivity contribution < 1.29 is 18.7 Å². The maximum atomic E-state index is 13.0. The lowest BCUT2D eigenvalue weighted by Gasteiger charge is -2.10. The molecule has 0 aromatic heterocycles. The van der Waals surface area contributed by atoms with Crippen LogP contribution in [0.25, 0.3) is 0 Å². The van der Waals surface area contributed by atoms with Crippen LogP contribution in [-0.4, -0.2) is 30.4 Å². The second kappa shape index (κ2) is 6.84. The molecule has 1 unspecified atom stereocenters. The Balaban J connectivity index is 2.66. The van der Waals surface area contributed by atoms with Gasteiger partial charge in [-0.05, 0) is 34.1 Å². The van der Waals surface area contributed by atoms with E-state index in [-0.39, 0.29) is 12.1 Å². The summed E-state index contributed by atoms with van der Waals surface area (Å²) >= 11 is 6.21. The molecule has 0 aliphatic heterocycles. The second-order valence-electron chi connectivity index (χ2n) is 3.32. The Hall–Kier alpha value is -0.950. The SMILES string of the molecule is COC(=O)C(Br)CNC(=O)c1cc(F)ccc1Br. The molecule has 4 nitrogen and oxygen atoms in total. The van der Waals surface area contributed by atoms with Gasteiger partial charge in [-0.3, -0.25) is 9.59 Å². The van der Waals surface area contributed by atoms with Crippen molar-refractivity contribution in [3.05, 3.63) is 34.1 Å². The molecule has 0 saturated heterocycles. The summed E-state index contributed by atoms with van der Waals surface area (Å²) in [5.74, 6) is -1.48. The summed E-state index contributed by atoms with van der Waals surface area (Å²) in [6.07, 6.45) is 0. The Morgan fingerprint density at radius 1 is 1.50 bits per heavy atom. The van der Waals surface area contributed by atoms with Crippen molar-refractivity contribution in [2.24, 2.45) is 0 Å². The molecule has 0 saturated carbocycles. The number of amides is 1. The van der Waals surface area contributed by atoms with E-state index in [1.807, 2.05) is 0 Å². The Bertz CT molecular complexity index is 468. The fourth-order valence-corrected chi connectivity index (χ4v) is 1.94. The number of nitrogens with one attached hydrogen (secondary N) is 1. The van der Waals surface area contributed by atoms with Crippen LogP contribution < -0.4 is 5.32 Å². The molecule has 1 atom stereocenters. The van der Waals surface area contributed by atoms with Crippen LogP contribution in [0, 0.1) is 5.82 Å². The zero-order valence-electron chi connectivity index (χ0n) is 9.38. The first-order chi connectivity index (χ1) is 8.45. The van der Waals surface area contributed by atoms with Crippen LogP contribution in [0.1, 0.15) is 10.4 Å². The molecule has 0 fully saturated rings. The molecule has 0 bridgehead atoms. The highest BCUT2D eigenvalue weighted by Gasteiger charge is 2.17. The first-order valence-electron chi connectivity index (χ1n) is 4.91. The van der Waals surface area contributed by atoms with E-state index in [4.69, 9.17) is 0 Å². The van der Waals surface area contributed by atoms with Crippen molar-refractivity contribution in [2.45, 2.75) is 4.83 Å². The Morgan fingerprint density at radius 2 is 2.17 bits per heavy atom. The summed E-state index contributed by atoms with van der Waals surface area (Å²) in [4.78, 5) is 22.2. The number of ether oxygens (including phenoxy) is 1. The van der Waals surface area contributed by atoms with E-state index in [1.165, 1.54) is 19.2 Å². The van der Waals surface area contributed by atoms with Gasteiger partial charge in [0.2, 0.25) is 0 Å². The van der Waals surface area contributed by atoms with Crippen molar-refractivity contribution >= 4 is 43.7 Å². The number of halogens is 3. The highest BCUT2D eigenvalue weighted by atomic mass is 79.9. The number of benzene rings is 1. The van der Waals surface area contributed by atoms with Gasteiger partial charge in [-0.25, -0.2) is 4.39 Å². The quantitative estimate of drug-likeness (QED) is 0.641. The van der Waals surface area contributed by atoms with Gasteiger partial charge in [0, 0.05) is 11.0 Å². The van der Waals surface area contributed by atoms with Gasteiger partial charge in [0.25, 0.3) is 5.91 Å². The summed E-state index contributed by atoms with van der Waals surface area (Å²) in [5.41, 5.74) is 0.166. The third kappa shape index (κ3) is 4.06. The van der Waals surface area contributed by atoms with Gasteiger partial charge < -0.3 is 10.1 Å². The highest BCUT2D eigenvalue weighted by Crippen LogP contribution is 2.17. The maximum Gasteiger partial charge on any atom is 0.321 e. The Kier molecular flexibility index (Phi) is 5.74. The molecule has 0 aliphatic carbocycles. The molecule has 1 rings (SSSR count). The smallest absolute Gasteiger partial charge is 0.321 e. The third-order valence-electron chi connectivity index (χ3n) is 2.07. The average Bonchev–Trinajstić information content (AvgIpc) is 2.37. The molecular weight excluding hydrogens is 373 g/mol. The first kappa shape index (κ1) is 15.1. The summed E-state index contributed by atoms with van der Waals surface area (Å²) in [6.45, 7) is 0.0501. The minimum atomic E-state index is -0.640. The lowest BCUT2D eigenvalue weighted by Crippen LogP contribution is -2.34. The van der Waals surface area contributed by atoms with E-state index in [1.54, 1.807) is 0 Å². The summed E-state index contributed by atoms with van der Waals surface area (Å²) in [5, 5.41) is 2.50. The van der Waals surface area contributed by atoms with Gasteiger partial charge in [-0.2, -0.15) is 0 Å². The monoisotopic (exact) mass is 381 g/mol. The fourth-order valence-electron chi connectivity index (χ4n) is 1.16. The number of rotatable bonds is 4.